The van der Waals surface area contributed by atoms with Crippen LogP contribution in [0.5, 0.6) is 0 Å². The van der Waals surface area contributed by atoms with Crippen LogP contribution in [0, 0.1) is 0 Å². The zero-order chi connectivity index (χ0) is 13.8. The van der Waals surface area contributed by atoms with Gasteiger partial charge in [0, 0.05) is 32.7 Å². The molecule has 0 amide bonds. The molecule has 0 aromatic carbocycles. The van der Waals surface area contributed by atoms with E-state index in [-0.39, 0.29) is 12.3 Å². The van der Waals surface area contributed by atoms with Gasteiger partial charge in [0.2, 0.25) is 0 Å². The van der Waals surface area contributed by atoms with Crippen molar-refractivity contribution in [2.75, 3.05) is 40.0 Å². The minimum absolute atomic E-state index is 0.146. The fourth-order valence-electron chi connectivity index (χ4n) is 1.65. The minimum Gasteiger partial charge on any atom is -0.469 e. The summed E-state index contributed by atoms with van der Waals surface area (Å²) in [6.07, 6.45) is 1.10. The Balaban J connectivity index is 3.91. The van der Waals surface area contributed by atoms with E-state index in [0.29, 0.717) is 26.2 Å². The highest BCUT2D eigenvalue weighted by atomic mass is 16.7. The average Bonchev–Trinajstić information content (AvgIpc) is 2.38. The maximum Gasteiger partial charge on any atom is 0.306 e. The Hall–Kier alpha value is -0.650. The molecular formula is C13H27NO4. The van der Waals surface area contributed by atoms with E-state index in [9.17, 15) is 4.79 Å². The number of methoxy groups -OCH3 is 1. The van der Waals surface area contributed by atoms with Gasteiger partial charge in [0.25, 0.3) is 0 Å². The molecule has 0 atom stereocenters. The standard InChI is InChI=1S/C13H27NO4/c1-5-14(10-8-12(15)16-4)11-9-13(17-6-2)18-7-3/h13H,5-11H2,1-4H3. The highest BCUT2D eigenvalue weighted by Crippen LogP contribution is 2.04. The molecule has 0 unspecified atom stereocenters. The van der Waals surface area contributed by atoms with E-state index in [0.717, 1.165) is 19.5 Å². The molecule has 0 aromatic rings. The smallest absolute Gasteiger partial charge is 0.306 e. The third-order valence-electron chi connectivity index (χ3n) is 2.69. The van der Waals surface area contributed by atoms with Crippen LogP contribution >= 0.6 is 0 Å². The van der Waals surface area contributed by atoms with Gasteiger partial charge in [0.05, 0.1) is 13.5 Å². The van der Waals surface area contributed by atoms with E-state index in [1.165, 1.54) is 7.11 Å². The second-order valence-electron chi connectivity index (χ2n) is 3.89. The zero-order valence-corrected chi connectivity index (χ0v) is 12.1. The van der Waals surface area contributed by atoms with E-state index < -0.39 is 0 Å². The third kappa shape index (κ3) is 8.44. The largest absolute Gasteiger partial charge is 0.469 e. The molecule has 0 bridgehead atoms. The number of carbonyl (C=O) groups excluding carboxylic acids is 1. The van der Waals surface area contributed by atoms with Gasteiger partial charge < -0.3 is 19.1 Å². The lowest BCUT2D eigenvalue weighted by atomic mass is 10.3. The van der Waals surface area contributed by atoms with Crippen molar-refractivity contribution in [3.63, 3.8) is 0 Å². The molecule has 0 fully saturated rings. The monoisotopic (exact) mass is 261 g/mol. The molecule has 108 valence electrons. The lowest BCUT2D eigenvalue weighted by molar-refractivity contribution is -0.143. The van der Waals surface area contributed by atoms with Gasteiger partial charge in [-0.1, -0.05) is 6.92 Å². The topological polar surface area (TPSA) is 48.0 Å². The van der Waals surface area contributed by atoms with Crippen LogP contribution in [0.25, 0.3) is 0 Å². The lowest BCUT2D eigenvalue weighted by Crippen LogP contribution is -2.31. The molecular weight excluding hydrogens is 234 g/mol. The van der Waals surface area contributed by atoms with E-state index in [2.05, 4.69) is 16.6 Å². The summed E-state index contributed by atoms with van der Waals surface area (Å²) in [4.78, 5) is 13.3. The van der Waals surface area contributed by atoms with Crippen molar-refractivity contribution in [1.29, 1.82) is 0 Å². The summed E-state index contributed by atoms with van der Waals surface area (Å²) in [5, 5.41) is 0. The first-order valence-electron chi connectivity index (χ1n) is 6.70. The minimum atomic E-state index is -0.167. The van der Waals surface area contributed by atoms with Crippen molar-refractivity contribution >= 4 is 5.97 Å². The highest BCUT2D eigenvalue weighted by molar-refractivity contribution is 5.69. The molecule has 0 aliphatic rings. The molecule has 0 saturated heterocycles. The summed E-state index contributed by atoms with van der Waals surface area (Å²) in [6, 6.07) is 0. The number of hydrogen-bond acceptors (Lipinski definition) is 5. The first-order valence-corrected chi connectivity index (χ1v) is 6.70. The van der Waals surface area contributed by atoms with Gasteiger partial charge >= 0.3 is 5.97 Å². The molecule has 0 spiro atoms. The molecule has 0 saturated carbocycles. The number of esters is 1. The second-order valence-corrected chi connectivity index (χ2v) is 3.89. The van der Waals surface area contributed by atoms with Gasteiger partial charge in [-0.3, -0.25) is 4.79 Å². The molecule has 0 aromatic heterocycles. The summed E-state index contributed by atoms with van der Waals surface area (Å²) in [6.45, 7) is 9.78. The lowest BCUT2D eigenvalue weighted by Gasteiger charge is -2.23. The van der Waals surface area contributed by atoms with Gasteiger partial charge in [-0.25, -0.2) is 0 Å². The molecule has 0 aliphatic carbocycles. The van der Waals surface area contributed by atoms with Crippen LogP contribution < -0.4 is 0 Å². The van der Waals surface area contributed by atoms with Crippen LogP contribution in [-0.2, 0) is 19.0 Å². The number of nitrogens with zero attached hydrogens (tertiary/aromatic N) is 1. The van der Waals surface area contributed by atoms with Gasteiger partial charge in [0.1, 0.15) is 0 Å². The zero-order valence-electron chi connectivity index (χ0n) is 12.1. The Morgan fingerprint density at radius 2 is 1.72 bits per heavy atom. The summed E-state index contributed by atoms with van der Waals surface area (Å²) >= 11 is 0. The fraction of sp³-hybridized carbons (Fsp3) is 0.923. The van der Waals surface area contributed by atoms with Crippen LogP contribution in [0.3, 0.4) is 0 Å². The second kappa shape index (κ2) is 11.4. The number of ether oxygens (including phenoxy) is 3. The normalized spacial score (nSPS) is 11.2. The Kier molecular flexibility index (Phi) is 11.0. The van der Waals surface area contributed by atoms with Gasteiger partial charge in [-0.05, 0) is 20.4 Å². The molecule has 5 heteroatoms. The Labute approximate surface area is 110 Å². The summed E-state index contributed by atoms with van der Waals surface area (Å²) in [5.74, 6) is -0.167. The van der Waals surface area contributed by atoms with Gasteiger partial charge in [-0.15, -0.1) is 0 Å². The first-order chi connectivity index (χ1) is 8.67. The van der Waals surface area contributed by atoms with E-state index in [1.54, 1.807) is 0 Å². The maximum atomic E-state index is 11.1. The van der Waals surface area contributed by atoms with E-state index >= 15 is 0 Å². The van der Waals surface area contributed by atoms with Gasteiger partial charge in [0.15, 0.2) is 6.29 Å². The number of carbonyl (C=O) groups is 1. The van der Waals surface area contributed by atoms with Crippen LogP contribution in [-0.4, -0.2) is 57.1 Å². The molecule has 0 radical (unpaired) electrons. The molecule has 5 nitrogen and oxygen atoms in total. The van der Waals surface area contributed by atoms with Crippen LogP contribution in [0.2, 0.25) is 0 Å². The van der Waals surface area contributed by atoms with Gasteiger partial charge in [-0.2, -0.15) is 0 Å². The quantitative estimate of drug-likeness (QED) is 0.418. The predicted octanol–water partition coefficient (Wildman–Crippen LogP) is 1.66. The third-order valence-corrected chi connectivity index (χ3v) is 2.69. The molecule has 18 heavy (non-hydrogen) atoms. The fourth-order valence-corrected chi connectivity index (χ4v) is 1.65. The molecule has 0 heterocycles. The van der Waals surface area contributed by atoms with Crippen molar-refractivity contribution in [3.8, 4) is 0 Å². The number of hydrogen-bond donors (Lipinski definition) is 0. The van der Waals surface area contributed by atoms with E-state index in [1.807, 2.05) is 13.8 Å². The number of rotatable bonds is 11. The van der Waals surface area contributed by atoms with Crippen molar-refractivity contribution in [3.05, 3.63) is 0 Å². The predicted molar refractivity (Wildman–Crippen MR) is 70.4 cm³/mol. The Morgan fingerprint density at radius 1 is 1.11 bits per heavy atom. The first kappa shape index (κ1) is 17.4. The molecule has 0 N–H and O–H groups in total. The maximum absolute atomic E-state index is 11.1. The highest BCUT2D eigenvalue weighted by Gasteiger charge is 2.12. The summed E-state index contributed by atoms with van der Waals surface area (Å²) < 4.78 is 15.6. The SMILES string of the molecule is CCOC(CCN(CC)CCC(=O)OC)OCC. The summed E-state index contributed by atoms with van der Waals surface area (Å²) in [5.41, 5.74) is 0. The van der Waals surface area contributed by atoms with Crippen LogP contribution in [0.15, 0.2) is 0 Å². The van der Waals surface area contributed by atoms with E-state index in [4.69, 9.17) is 9.47 Å². The van der Waals surface area contributed by atoms with Crippen molar-refractivity contribution in [2.45, 2.75) is 39.9 Å². The van der Waals surface area contributed by atoms with Crippen LogP contribution in [0.1, 0.15) is 33.6 Å². The van der Waals surface area contributed by atoms with Crippen LogP contribution in [0.4, 0.5) is 0 Å². The Morgan fingerprint density at radius 3 is 2.17 bits per heavy atom. The van der Waals surface area contributed by atoms with Crippen molar-refractivity contribution in [2.24, 2.45) is 0 Å². The molecule has 0 rings (SSSR count). The summed E-state index contributed by atoms with van der Waals surface area (Å²) in [7, 11) is 1.42. The van der Waals surface area contributed by atoms with Crippen molar-refractivity contribution in [1.82, 2.24) is 4.90 Å². The average molecular weight is 261 g/mol. The Bertz CT molecular complexity index is 205. The van der Waals surface area contributed by atoms with Crippen molar-refractivity contribution < 1.29 is 19.0 Å². The molecule has 0 aliphatic heterocycles.